The lowest BCUT2D eigenvalue weighted by Crippen LogP contribution is -2.57. The van der Waals surface area contributed by atoms with Gasteiger partial charge in [0.15, 0.2) is 5.69 Å². The lowest BCUT2D eigenvalue weighted by atomic mass is 9.98. The fraction of sp³-hybridized carbons (Fsp3) is 0.273. The van der Waals surface area contributed by atoms with Crippen LogP contribution in [0.25, 0.3) is 10.9 Å². The highest BCUT2D eigenvalue weighted by Crippen LogP contribution is 2.15. The number of carbonyl (C=O) groups excluding carboxylic acids is 5. The quantitative estimate of drug-likeness (QED) is 0.149. The van der Waals surface area contributed by atoms with E-state index in [0.717, 1.165) is 11.1 Å². The summed E-state index contributed by atoms with van der Waals surface area (Å²) in [5, 5.41) is 18.1. The number of fused-ring (bicyclic) bond motifs is 1. The zero-order valence-corrected chi connectivity index (χ0v) is 24.8. The first kappa shape index (κ1) is 31.6. The minimum Gasteiger partial charge on any atom is -0.345 e. The molecule has 5 N–H and O–H groups in total. The van der Waals surface area contributed by atoms with Crippen LogP contribution in [-0.2, 0) is 32.1 Å². The standard InChI is InChI=1S/C33H36N6O5/c1-20(2)27(29(40)33(44)34-19-23-14-8-5-9-15-23)37-30(41)21(3)35-31(42)26(18-22-12-6-4-7-13-22)36-32(43)28-24-16-10-11-17-25(24)38-39-28/h4-17,20-21,26-27H,18-19H2,1-3H3,(H,34,44)(H,35,42)(H,36,43)(H,37,41)(H,38,39)/t21-,26-,27?/m0/s1. The highest BCUT2D eigenvalue weighted by Gasteiger charge is 2.32. The van der Waals surface area contributed by atoms with Gasteiger partial charge in [0.1, 0.15) is 12.1 Å². The Morgan fingerprint density at radius 2 is 1.34 bits per heavy atom. The molecule has 0 aliphatic carbocycles. The topological polar surface area (TPSA) is 162 Å². The second-order valence-electron chi connectivity index (χ2n) is 10.8. The maximum atomic E-state index is 13.4. The summed E-state index contributed by atoms with van der Waals surface area (Å²) in [6.45, 7) is 5.05. The van der Waals surface area contributed by atoms with Gasteiger partial charge >= 0.3 is 0 Å². The molecule has 0 fully saturated rings. The number of rotatable bonds is 13. The summed E-state index contributed by atoms with van der Waals surface area (Å²) in [7, 11) is 0. The van der Waals surface area contributed by atoms with Gasteiger partial charge in [-0.15, -0.1) is 0 Å². The van der Waals surface area contributed by atoms with Gasteiger partial charge in [0.2, 0.25) is 17.6 Å². The zero-order chi connectivity index (χ0) is 31.6. The van der Waals surface area contributed by atoms with Crippen LogP contribution in [0, 0.1) is 5.92 Å². The number of hydrogen-bond donors (Lipinski definition) is 5. The molecule has 228 valence electrons. The van der Waals surface area contributed by atoms with Crippen molar-refractivity contribution in [3.8, 4) is 0 Å². The molecule has 0 saturated heterocycles. The number of nitrogens with zero attached hydrogens (tertiary/aromatic N) is 1. The van der Waals surface area contributed by atoms with E-state index >= 15 is 0 Å². The third-order valence-corrected chi connectivity index (χ3v) is 7.11. The van der Waals surface area contributed by atoms with Crippen molar-refractivity contribution in [2.24, 2.45) is 5.92 Å². The number of hydrogen-bond acceptors (Lipinski definition) is 6. The molecule has 0 aliphatic heterocycles. The van der Waals surface area contributed by atoms with Crippen molar-refractivity contribution < 1.29 is 24.0 Å². The van der Waals surface area contributed by atoms with E-state index in [1.807, 2.05) is 66.7 Å². The van der Waals surface area contributed by atoms with Gasteiger partial charge in [-0.25, -0.2) is 0 Å². The molecule has 1 heterocycles. The Labute approximate surface area is 255 Å². The number of carbonyl (C=O) groups is 5. The Hall–Kier alpha value is -5.32. The fourth-order valence-corrected chi connectivity index (χ4v) is 4.62. The number of benzene rings is 3. The lowest BCUT2D eigenvalue weighted by molar-refractivity contribution is -0.141. The number of Topliss-reactive ketones (excluding diaryl/α,β-unsaturated/α-hetero) is 1. The van der Waals surface area contributed by atoms with E-state index < -0.39 is 53.5 Å². The molecule has 0 bridgehead atoms. The lowest BCUT2D eigenvalue weighted by Gasteiger charge is -2.24. The van der Waals surface area contributed by atoms with Crippen LogP contribution >= 0.6 is 0 Å². The monoisotopic (exact) mass is 596 g/mol. The van der Waals surface area contributed by atoms with Gasteiger partial charge in [0.05, 0.1) is 11.6 Å². The van der Waals surface area contributed by atoms with Crippen LogP contribution in [-0.4, -0.2) is 57.7 Å². The summed E-state index contributed by atoms with van der Waals surface area (Å²) in [6.07, 6.45) is 0.157. The molecule has 4 rings (SSSR count). The molecule has 0 aliphatic rings. The molecule has 0 radical (unpaired) electrons. The number of nitrogens with one attached hydrogen (secondary N) is 5. The molecule has 0 spiro atoms. The van der Waals surface area contributed by atoms with Crippen LogP contribution in [0.5, 0.6) is 0 Å². The maximum Gasteiger partial charge on any atom is 0.289 e. The summed E-state index contributed by atoms with van der Waals surface area (Å²) in [5.74, 6) is -3.81. The number of aromatic amines is 1. The Morgan fingerprint density at radius 3 is 2.00 bits per heavy atom. The van der Waals surface area contributed by atoms with Crippen LogP contribution < -0.4 is 21.3 Å². The minimum atomic E-state index is -1.11. The molecule has 1 unspecified atom stereocenters. The van der Waals surface area contributed by atoms with Crippen molar-refractivity contribution in [3.63, 3.8) is 0 Å². The van der Waals surface area contributed by atoms with Gasteiger partial charge in [0, 0.05) is 18.4 Å². The number of ketones is 1. The van der Waals surface area contributed by atoms with Gasteiger partial charge in [-0.2, -0.15) is 5.10 Å². The first-order valence-electron chi connectivity index (χ1n) is 14.4. The van der Waals surface area contributed by atoms with E-state index in [0.29, 0.717) is 10.9 Å². The van der Waals surface area contributed by atoms with Gasteiger partial charge in [-0.1, -0.05) is 92.7 Å². The second-order valence-corrected chi connectivity index (χ2v) is 10.8. The highest BCUT2D eigenvalue weighted by molar-refractivity contribution is 6.38. The number of para-hydroxylation sites is 1. The summed E-state index contributed by atoms with van der Waals surface area (Å²) in [6, 6.07) is 22.2. The first-order valence-corrected chi connectivity index (χ1v) is 14.4. The summed E-state index contributed by atoms with van der Waals surface area (Å²) < 4.78 is 0. The predicted molar refractivity (Wildman–Crippen MR) is 165 cm³/mol. The maximum absolute atomic E-state index is 13.4. The van der Waals surface area contributed by atoms with Crippen molar-refractivity contribution in [2.75, 3.05) is 0 Å². The normalized spacial score (nSPS) is 13.0. The number of H-pyrrole nitrogens is 1. The SMILES string of the molecule is CC(C)C(NC(=O)[C@H](C)NC(=O)[C@H](Cc1ccccc1)NC(=O)c1n[nH]c2ccccc12)C(=O)C(=O)NCc1ccccc1. The van der Waals surface area contributed by atoms with Gasteiger partial charge in [0.25, 0.3) is 11.8 Å². The molecule has 3 aromatic carbocycles. The van der Waals surface area contributed by atoms with Crippen molar-refractivity contribution >= 4 is 40.3 Å². The molecule has 11 nitrogen and oxygen atoms in total. The van der Waals surface area contributed by atoms with Gasteiger partial charge < -0.3 is 21.3 Å². The van der Waals surface area contributed by atoms with E-state index in [4.69, 9.17) is 0 Å². The van der Waals surface area contributed by atoms with Crippen LogP contribution in [0.3, 0.4) is 0 Å². The predicted octanol–water partition coefficient (Wildman–Crippen LogP) is 2.44. The van der Waals surface area contributed by atoms with Gasteiger partial charge in [-0.05, 0) is 30.0 Å². The highest BCUT2D eigenvalue weighted by atomic mass is 16.2. The Kier molecular flexibility index (Phi) is 10.6. The van der Waals surface area contributed by atoms with Crippen molar-refractivity contribution in [2.45, 2.75) is 51.9 Å². The van der Waals surface area contributed by atoms with E-state index in [9.17, 15) is 24.0 Å². The van der Waals surface area contributed by atoms with Crippen LogP contribution in [0.15, 0.2) is 84.9 Å². The molecule has 0 saturated carbocycles. The van der Waals surface area contributed by atoms with E-state index in [-0.39, 0.29) is 18.7 Å². The largest absolute Gasteiger partial charge is 0.345 e. The molecular weight excluding hydrogens is 560 g/mol. The van der Waals surface area contributed by atoms with E-state index in [1.54, 1.807) is 32.0 Å². The number of aromatic nitrogens is 2. The zero-order valence-electron chi connectivity index (χ0n) is 24.8. The van der Waals surface area contributed by atoms with Crippen molar-refractivity contribution in [1.29, 1.82) is 0 Å². The molecule has 3 atom stereocenters. The van der Waals surface area contributed by atoms with E-state index in [1.165, 1.54) is 6.92 Å². The average molecular weight is 597 g/mol. The summed E-state index contributed by atoms with van der Waals surface area (Å²) >= 11 is 0. The number of amides is 4. The van der Waals surface area contributed by atoms with Crippen LogP contribution in [0.4, 0.5) is 0 Å². The van der Waals surface area contributed by atoms with Crippen LogP contribution in [0.2, 0.25) is 0 Å². The minimum absolute atomic E-state index is 0.140. The Balaban J connectivity index is 1.41. The van der Waals surface area contributed by atoms with Gasteiger partial charge in [-0.3, -0.25) is 29.1 Å². The van der Waals surface area contributed by atoms with E-state index in [2.05, 4.69) is 31.5 Å². The summed E-state index contributed by atoms with van der Waals surface area (Å²) in [5.41, 5.74) is 2.44. The summed E-state index contributed by atoms with van der Waals surface area (Å²) in [4.78, 5) is 65.4. The Morgan fingerprint density at radius 1 is 0.727 bits per heavy atom. The molecule has 1 aromatic heterocycles. The first-order chi connectivity index (χ1) is 21.1. The van der Waals surface area contributed by atoms with Crippen LogP contribution in [0.1, 0.15) is 42.4 Å². The third-order valence-electron chi connectivity index (χ3n) is 7.11. The smallest absolute Gasteiger partial charge is 0.289 e. The average Bonchev–Trinajstić information content (AvgIpc) is 3.47. The third kappa shape index (κ3) is 8.15. The molecule has 4 aromatic rings. The molecular formula is C33H36N6O5. The Bertz CT molecular complexity index is 1620. The molecule has 11 heteroatoms. The van der Waals surface area contributed by atoms with Crippen molar-refractivity contribution in [1.82, 2.24) is 31.5 Å². The van der Waals surface area contributed by atoms with Crippen molar-refractivity contribution in [3.05, 3.63) is 102 Å². The second kappa shape index (κ2) is 14.7. The molecule has 4 amide bonds. The fourth-order valence-electron chi connectivity index (χ4n) is 4.62. The molecule has 44 heavy (non-hydrogen) atoms.